The molecule has 0 aliphatic carbocycles. The molecule has 0 saturated heterocycles. The zero-order chi connectivity index (χ0) is 20.5. The summed E-state index contributed by atoms with van der Waals surface area (Å²) in [6.45, 7) is 3.13. The molecule has 0 N–H and O–H groups in total. The second-order valence-electron chi connectivity index (χ2n) is 6.09. The van der Waals surface area contributed by atoms with Gasteiger partial charge in [-0.3, -0.25) is 4.79 Å². The third-order valence-corrected chi connectivity index (χ3v) is 4.74. The highest BCUT2D eigenvalue weighted by Gasteiger charge is 2.18. The Morgan fingerprint density at radius 3 is 2.69 bits per heavy atom. The van der Waals surface area contributed by atoms with Gasteiger partial charge in [0, 0.05) is 23.2 Å². The minimum atomic E-state index is -0.191. The molecule has 0 unspecified atom stereocenters. The summed E-state index contributed by atoms with van der Waals surface area (Å²) in [5.41, 5.74) is 3.80. The molecule has 2 aromatic carbocycles. The molecule has 148 valence electrons. The first-order chi connectivity index (χ1) is 14.2. The van der Waals surface area contributed by atoms with E-state index in [2.05, 4.69) is 11.1 Å². The van der Waals surface area contributed by atoms with Crippen LogP contribution < -0.4 is 14.4 Å². The maximum absolute atomic E-state index is 13.2. The van der Waals surface area contributed by atoms with Crippen molar-refractivity contribution in [2.45, 2.75) is 20.0 Å². The molecule has 0 fully saturated rings. The Balaban J connectivity index is 1.78. The van der Waals surface area contributed by atoms with E-state index >= 15 is 0 Å². The minimum Gasteiger partial charge on any atom is -0.494 e. The number of carbonyl (C=O) groups excluding carboxylic acids is 1. The maximum atomic E-state index is 13.2. The van der Waals surface area contributed by atoms with E-state index in [0.29, 0.717) is 36.8 Å². The normalized spacial score (nSPS) is 10.2. The van der Waals surface area contributed by atoms with Crippen molar-refractivity contribution in [1.29, 1.82) is 5.26 Å². The van der Waals surface area contributed by atoms with Crippen molar-refractivity contribution in [3.8, 4) is 17.6 Å². The number of anilines is 1. The monoisotopic (exact) mass is 407 g/mol. The predicted molar refractivity (Wildman–Crippen MR) is 112 cm³/mol. The van der Waals surface area contributed by atoms with Gasteiger partial charge in [0.05, 0.1) is 30.3 Å². The summed E-state index contributed by atoms with van der Waals surface area (Å²) in [5, 5.41) is 10.9. The van der Waals surface area contributed by atoms with Crippen LogP contribution in [0.15, 0.2) is 59.4 Å². The Morgan fingerprint density at radius 1 is 1.17 bits per heavy atom. The second kappa shape index (κ2) is 10.2. The molecular weight excluding hydrogens is 386 g/mol. The molecule has 0 bridgehead atoms. The summed E-state index contributed by atoms with van der Waals surface area (Å²) < 4.78 is 11.2. The van der Waals surface area contributed by atoms with Crippen LogP contribution in [0.2, 0.25) is 0 Å². The van der Waals surface area contributed by atoms with Crippen molar-refractivity contribution in [3.05, 3.63) is 70.7 Å². The topological polar surface area (TPSA) is 75.5 Å². The molecule has 0 radical (unpaired) electrons. The van der Waals surface area contributed by atoms with E-state index in [9.17, 15) is 4.79 Å². The minimum absolute atomic E-state index is 0.191. The number of benzene rings is 2. The number of nitrogens with zero attached hydrogens (tertiary/aromatic N) is 3. The first-order valence-corrected chi connectivity index (χ1v) is 10.2. The average molecular weight is 407 g/mol. The van der Waals surface area contributed by atoms with Crippen LogP contribution in [0.25, 0.3) is 0 Å². The Morgan fingerprint density at radius 2 is 2.00 bits per heavy atom. The predicted octanol–water partition coefficient (Wildman–Crippen LogP) is 4.68. The largest absolute Gasteiger partial charge is 0.494 e. The molecule has 1 heterocycles. The van der Waals surface area contributed by atoms with Gasteiger partial charge in [0.25, 0.3) is 5.91 Å². The number of thiazole rings is 1. The van der Waals surface area contributed by atoms with Gasteiger partial charge in [-0.1, -0.05) is 6.07 Å². The number of hydrogen-bond acceptors (Lipinski definition) is 6. The lowest BCUT2D eigenvalue weighted by molar-refractivity contribution is 0.0987. The first-order valence-electron chi connectivity index (χ1n) is 9.23. The highest BCUT2D eigenvalue weighted by molar-refractivity contribution is 7.07. The van der Waals surface area contributed by atoms with Gasteiger partial charge < -0.3 is 14.4 Å². The molecule has 1 aromatic heterocycles. The smallest absolute Gasteiger partial charge is 0.258 e. The lowest BCUT2D eigenvalue weighted by Gasteiger charge is -2.22. The van der Waals surface area contributed by atoms with Crippen LogP contribution in [0.1, 0.15) is 29.4 Å². The van der Waals surface area contributed by atoms with Gasteiger partial charge in [0.1, 0.15) is 18.1 Å². The van der Waals surface area contributed by atoms with Crippen LogP contribution >= 0.6 is 11.3 Å². The van der Waals surface area contributed by atoms with Crippen molar-refractivity contribution in [2.75, 3.05) is 18.1 Å². The van der Waals surface area contributed by atoms with Crippen molar-refractivity contribution in [3.63, 3.8) is 0 Å². The zero-order valence-corrected chi connectivity index (χ0v) is 16.9. The van der Waals surface area contributed by atoms with E-state index in [-0.39, 0.29) is 12.3 Å². The van der Waals surface area contributed by atoms with Gasteiger partial charge in [-0.15, -0.1) is 11.3 Å². The van der Waals surface area contributed by atoms with Crippen LogP contribution in [-0.2, 0) is 6.61 Å². The molecule has 0 aliphatic heterocycles. The third-order valence-electron chi connectivity index (χ3n) is 4.10. The Labute approximate surface area is 174 Å². The fraction of sp³-hybridized carbons (Fsp3) is 0.227. The van der Waals surface area contributed by atoms with Crippen molar-refractivity contribution in [2.24, 2.45) is 0 Å². The molecule has 0 aliphatic rings. The number of hydrogen-bond donors (Lipinski definition) is 0. The first kappa shape index (κ1) is 20.4. The molecular formula is C22H21N3O3S. The number of carbonyl (C=O) groups is 1. The fourth-order valence-electron chi connectivity index (χ4n) is 2.74. The number of nitriles is 1. The third kappa shape index (κ3) is 5.56. The molecule has 1 amide bonds. The molecule has 29 heavy (non-hydrogen) atoms. The van der Waals surface area contributed by atoms with Gasteiger partial charge in [-0.25, -0.2) is 4.98 Å². The molecule has 0 atom stereocenters. The Bertz CT molecular complexity index is 966. The van der Waals surface area contributed by atoms with E-state index in [1.54, 1.807) is 34.7 Å². The van der Waals surface area contributed by atoms with Gasteiger partial charge >= 0.3 is 0 Å². The van der Waals surface area contributed by atoms with Gasteiger partial charge in [-0.05, 0) is 49.4 Å². The molecule has 3 rings (SSSR count). The van der Waals surface area contributed by atoms with Gasteiger partial charge in [-0.2, -0.15) is 5.26 Å². The molecule has 3 aromatic rings. The van der Waals surface area contributed by atoms with E-state index in [1.165, 1.54) is 11.3 Å². The van der Waals surface area contributed by atoms with Crippen molar-refractivity contribution < 1.29 is 14.3 Å². The summed E-state index contributed by atoms with van der Waals surface area (Å²) in [6.07, 6.45) is 0.235. The molecule has 0 spiro atoms. The lowest BCUT2D eigenvalue weighted by Crippen LogP contribution is -2.31. The quantitative estimate of drug-likeness (QED) is 0.515. The summed E-state index contributed by atoms with van der Waals surface area (Å²) in [4.78, 5) is 18.9. The Kier molecular flexibility index (Phi) is 7.20. The SMILES string of the molecule is CCOc1ccc(N(CCC#N)C(=O)c2cccc(OCc3cscn3)c2)cc1. The summed E-state index contributed by atoms with van der Waals surface area (Å²) in [7, 11) is 0. The van der Waals surface area contributed by atoms with Crippen LogP contribution in [-0.4, -0.2) is 24.0 Å². The van der Waals surface area contributed by atoms with Gasteiger partial charge in [0.15, 0.2) is 0 Å². The van der Waals surface area contributed by atoms with E-state index in [0.717, 1.165) is 11.4 Å². The van der Waals surface area contributed by atoms with Crippen LogP contribution in [0.5, 0.6) is 11.5 Å². The van der Waals surface area contributed by atoms with Crippen LogP contribution in [0.3, 0.4) is 0 Å². The highest BCUT2D eigenvalue weighted by Crippen LogP contribution is 2.23. The zero-order valence-electron chi connectivity index (χ0n) is 16.1. The number of ether oxygens (including phenoxy) is 2. The second-order valence-corrected chi connectivity index (χ2v) is 6.81. The van der Waals surface area contributed by atoms with E-state index in [4.69, 9.17) is 14.7 Å². The summed E-state index contributed by atoms with van der Waals surface area (Å²) in [5.74, 6) is 1.14. The Hall–Kier alpha value is -3.37. The van der Waals surface area contributed by atoms with Crippen LogP contribution in [0.4, 0.5) is 5.69 Å². The number of amides is 1. The summed E-state index contributed by atoms with van der Waals surface area (Å²) in [6, 6.07) is 16.4. The number of rotatable bonds is 9. The molecule has 7 heteroatoms. The average Bonchev–Trinajstić information content (AvgIpc) is 3.28. The van der Waals surface area contributed by atoms with Crippen LogP contribution in [0, 0.1) is 11.3 Å². The maximum Gasteiger partial charge on any atom is 0.258 e. The van der Waals surface area contributed by atoms with Crippen molar-refractivity contribution >= 4 is 22.9 Å². The fourth-order valence-corrected chi connectivity index (χ4v) is 3.28. The molecule has 6 nitrogen and oxygen atoms in total. The van der Waals surface area contributed by atoms with Crippen molar-refractivity contribution in [1.82, 2.24) is 4.98 Å². The molecule has 0 saturated carbocycles. The van der Waals surface area contributed by atoms with E-state index < -0.39 is 0 Å². The highest BCUT2D eigenvalue weighted by atomic mass is 32.1. The summed E-state index contributed by atoms with van der Waals surface area (Å²) >= 11 is 1.51. The van der Waals surface area contributed by atoms with Gasteiger partial charge in [0.2, 0.25) is 0 Å². The lowest BCUT2D eigenvalue weighted by atomic mass is 10.1. The van der Waals surface area contributed by atoms with E-state index in [1.807, 2.05) is 36.6 Å². The number of aromatic nitrogens is 1. The standard InChI is InChI=1S/C22H21N3O3S/c1-2-27-20-9-7-19(8-10-20)25(12-4-11-23)22(26)17-5-3-6-21(13-17)28-14-18-15-29-16-24-18/h3,5-10,13,15-16H,2,4,12,14H2,1H3.